The second-order valence-electron chi connectivity index (χ2n) is 4.15. The van der Waals surface area contributed by atoms with Gasteiger partial charge in [0.15, 0.2) is 0 Å². The highest BCUT2D eigenvalue weighted by Crippen LogP contribution is 2.29. The van der Waals surface area contributed by atoms with Crippen LogP contribution >= 0.6 is 0 Å². The van der Waals surface area contributed by atoms with E-state index in [4.69, 9.17) is 9.84 Å². The van der Waals surface area contributed by atoms with Gasteiger partial charge in [0.05, 0.1) is 12.2 Å². The molecule has 1 N–H and O–H groups in total. The number of hydrogen-bond donors (Lipinski definition) is 1. The molecule has 0 atom stereocenters. The fourth-order valence-corrected chi connectivity index (χ4v) is 3.37. The van der Waals surface area contributed by atoms with Gasteiger partial charge in [0.25, 0.3) is 0 Å². The molecule has 7 heteroatoms. The summed E-state index contributed by atoms with van der Waals surface area (Å²) in [6.45, 7) is 0.478. The second kappa shape index (κ2) is 6.32. The minimum absolute atomic E-state index is 0.0156. The Kier molecular flexibility index (Phi) is 5.35. The van der Waals surface area contributed by atoms with Gasteiger partial charge in [0.2, 0.25) is 10.0 Å². The summed E-state index contributed by atoms with van der Waals surface area (Å²) in [6.07, 6.45) is 1.97. The fraction of sp³-hybridized carbons (Fsp3) is 0.900. The van der Waals surface area contributed by atoms with Crippen LogP contribution in [-0.4, -0.2) is 55.9 Å². The summed E-state index contributed by atoms with van der Waals surface area (Å²) in [5, 5.41) is 8.60. The SMILES string of the molecule is COCCCS(=O)(=O)N(CCC(=O)O)C1CC1. The Bertz CT molecular complexity index is 350. The number of carboxylic acid groups (broad SMARTS) is 1. The first-order chi connectivity index (χ1) is 7.97. The predicted octanol–water partition coefficient (Wildman–Crippen LogP) is 0.292. The van der Waals surface area contributed by atoms with Gasteiger partial charge in [-0.05, 0) is 19.3 Å². The third kappa shape index (κ3) is 5.01. The first-order valence-corrected chi connectivity index (χ1v) is 7.28. The fourth-order valence-electron chi connectivity index (χ4n) is 1.62. The number of ether oxygens (including phenoxy) is 1. The van der Waals surface area contributed by atoms with E-state index < -0.39 is 16.0 Å². The van der Waals surface area contributed by atoms with E-state index in [9.17, 15) is 13.2 Å². The minimum Gasteiger partial charge on any atom is -0.481 e. The number of aliphatic carboxylic acids is 1. The van der Waals surface area contributed by atoms with Crippen molar-refractivity contribution in [1.29, 1.82) is 0 Å². The van der Waals surface area contributed by atoms with Gasteiger partial charge in [-0.15, -0.1) is 0 Å². The number of hydrogen-bond acceptors (Lipinski definition) is 4. The van der Waals surface area contributed by atoms with Crippen LogP contribution in [0.2, 0.25) is 0 Å². The summed E-state index contributed by atoms with van der Waals surface area (Å²) in [6, 6.07) is 0.0156. The van der Waals surface area contributed by atoms with Gasteiger partial charge in [-0.3, -0.25) is 4.79 Å². The average molecular weight is 265 g/mol. The molecule has 1 saturated carbocycles. The standard InChI is InChI=1S/C10H19NO5S/c1-16-7-2-8-17(14,15)11(9-3-4-9)6-5-10(12)13/h9H,2-8H2,1H3,(H,12,13). The molecule has 0 spiro atoms. The van der Waals surface area contributed by atoms with Gasteiger partial charge in [0, 0.05) is 26.3 Å². The lowest BCUT2D eigenvalue weighted by Gasteiger charge is -2.20. The van der Waals surface area contributed by atoms with Crippen molar-refractivity contribution >= 4 is 16.0 Å². The molecule has 0 amide bonds. The molecular formula is C10H19NO5S. The zero-order chi connectivity index (χ0) is 12.9. The van der Waals surface area contributed by atoms with Gasteiger partial charge in [-0.25, -0.2) is 8.42 Å². The summed E-state index contributed by atoms with van der Waals surface area (Å²) in [5.41, 5.74) is 0. The van der Waals surface area contributed by atoms with Crippen LogP contribution in [0.4, 0.5) is 0 Å². The largest absolute Gasteiger partial charge is 0.481 e. The number of carboxylic acids is 1. The van der Waals surface area contributed by atoms with Crippen molar-refractivity contribution in [3.63, 3.8) is 0 Å². The van der Waals surface area contributed by atoms with Crippen molar-refractivity contribution in [3.8, 4) is 0 Å². The smallest absolute Gasteiger partial charge is 0.304 e. The Labute approximate surface area is 102 Å². The Morgan fingerprint density at radius 1 is 1.47 bits per heavy atom. The van der Waals surface area contributed by atoms with E-state index in [0.29, 0.717) is 13.0 Å². The highest BCUT2D eigenvalue weighted by atomic mass is 32.2. The molecule has 0 bridgehead atoms. The lowest BCUT2D eigenvalue weighted by molar-refractivity contribution is -0.137. The van der Waals surface area contributed by atoms with Crippen LogP contribution in [0.25, 0.3) is 0 Å². The molecule has 0 heterocycles. The van der Waals surface area contributed by atoms with Gasteiger partial charge in [-0.2, -0.15) is 4.31 Å². The van der Waals surface area contributed by atoms with Crippen LogP contribution in [-0.2, 0) is 19.6 Å². The normalized spacial score (nSPS) is 16.4. The second-order valence-corrected chi connectivity index (χ2v) is 6.19. The number of methoxy groups -OCH3 is 1. The minimum atomic E-state index is -3.34. The number of sulfonamides is 1. The summed E-state index contributed by atoms with van der Waals surface area (Å²) >= 11 is 0. The quantitative estimate of drug-likeness (QED) is 0.606. The van der Waals surface area contributed by atoms with Crippen molar-refractivity contribution in [1.82, 2.24) is 4.31 Å². The molecule has 0 radical (unpaired) electrons. The molecule has 17 heavy (non-hydrogen) atoms. The number of nitrogens with zero attached hydrogens (tertiary/aromatic N) is 1. The maximum Gasteiger partial charge on any atom is 0.304 e. The topological polar surface area (TPSA) is 83.9 Å². The molecule has 0 aromatic rings. The molecule has 0 unspecified atom stereocenters. The van der Waals surface area contributed by atoms with Crippen molar-refractivity contribution in [2.45, 2.75) is 31.7 Å². The van der Waals surface area contributed by atoms with Crippen molar-refractivity contribution in [2.75, 3.05) is 26.0 Å². The molecule has 0 aliphatic heterocycles. The van der Waals surface area contributed by atoms with Crippen LogP contribution in [0.1, 0.15) is 25.7 Å². The van der Waals surface area contributed by atoms with E-state index in [1.807, 2.05) is 0 Å². The molecule has 1 aliphatic carbocycles. The Balaban J connectivity index is 2.52. The van der Waals surface area contributed by atoms with E-state index in [1.54, 1.807) is 0 Å². The Morgan fingerprint density at radius 2 is 2.12 bits per heavy atom. The van der Waals surface area contributed by atoms with E-state index in [1.165, 1.54) is 11.4 Å². The van der Waals surface area contributed by atoms with Crippen molar-refractivity contribution < 1.29 is 23.1 Å². The first kappa shape index (κ1) is 14.4. The summed E-state index contributed by atoms with van der Waals surface area (Å²) in [4.78, 5) is 10.5. The lowest BCUT2D eigenvalue weighted by Crippen LogP contribution is -2.36. The van der Waals surface area contributed by atoms with Gasteiger partial charge in [-0.1, -0.05) is 0 Å². The summed E-state index contributed by atoms with van der Waals surface area (Å²) in [5.74, 6) is -0.945. The third-order valence-electron chi connectivity index (χ3n) is 2.61. The van der Waals surface area contributed by atoms with Crippen LogP contribution in [0.3, 0.4) is 0 Å². The van der Waals surface area contributed by atoms with E-state index in [0.717, 1.165) is 12.8 Å². The molecule has 0 aromatic carbocycles. The van der Waals surface area contributed by atoms with Gasteiger partial charge < -0.3 is 9.84 Å². The van der Waals surface area contributed by atoms with Crippen LogP contribution in [0.15, 0.2) is 0 Å². The molecule has 1 aliphatic rings. The first-order valence-electron chi connectivity index (χ1n) is 5.67. The highest BCUT2D eigenvalue weighted by Gasteiger charge is 2.36. The molecule has 6 nitrogen and oxygen atoms in total. The van der Waals surface area contributed by atoms with E-state index >= 15 is 0 Å². The number of rotatable bonds is 9. The zero-order valence-corrected chi connectivity index (χ0v) is 10.8. The van der Waals surface area contributed by atoms with Crippen LogP contribution in [0.5, 0.6) is 0 Å². The average Bonchev–Trinajstić information content (AvgIpc) is 3.01. The van der Waals surface area contributed by atoms with E-state index in [2.05, 4.69) is 0 Å². The van der Waals surface area contributed by atoms with Crippen molar-refractivity contribution in [3.05, 3.63) is 0 Å². The van der Waals surface area contributed by atoms with Crippen LogP contribution < -0.4 is 0 Å². The molecular weight excluding hydrogens is 246 g/mol. The molecule has 100 valence electrons. The summed E-state index contributed by atoms with van der Waals surface area (Å²) in [7, 11) is -1.81. The predicted molar refractivity (Wildman–Crippen MR) is 62.3 cm³/mol. The van der Waals surface area contributed by atoms with Crippen molar-refractivity contribution in [2.24, 2.45) is 0 Å². The maximum absolute atomic E-state index is 12.0. The van der Waals surface area contributed by atoms with Gasteiger partial charge in [0.1, 0.15) is 0 Å². The molecule has 0 aromatic heterocycles. The zero-order valence-electron chi connectivity index (χ0n) is 9.96. The maximum atomic E-state index is 12.0. The summed E-state index contributed by atoms with van der Waals surface area (Å²) < 4.78 is 30.1. The highest BCUT2D eigenvalue weighted by molar-refractivity contribution is 7.89. The number of carbonyl (C=O) groups is 1. The molecule has 1 rings (SSSR count). The molecule has 1 fully saturated rings. The monoisotopic (exact) mass is 265 g/mol. The van der Waals surface area contributed by atoms with E-state index in [-0.39, 0.29) is 24.8 Å². The van der Waals surface area contributed by atoms with Gasteiger partial charge >= 0.3 is 5.97 Å². The van der Waals surface area contributed by atoms with Crippen LogP contribution in [0, 0.1) is 0 Å². The Hall–Kier alpha value is -0.660. The third-order valence-corrected chi connectivity index (χ3v) is 4.61. The lowest BCUT2D eigenvalue weighted by atomic mass is 10.4. The Morgan fingerprint density at radius 3 is 2.59 bits per heavy atom. The molecule has 0 saturated heterocycles.